The minimum atomic E-state index is -0.579. The molecular formula is C10H12N4OS. The SMILES string of the molecule is Nc1ccc(C(O)CNc2nncs2)cc1. The van der Waals surface area contributed by atoms with E-state index in [4.69, 9.17) is 5.73 Å². The van der Waals surface area contributed by atoms with Gasteiger partial charge in [0.2, 0.25) is 5.13 Å². The molecule has 0 spiro atoms. The second-order valence-electron chi connectivity index (χ2n) is 3.31. The second-order valence-corrected chi connectivity index (χ2v) is 4.14. The highest BCUT2D eigenvalue weighted by Crippen LogP contribution is 2.16. The molecule has 1 aromatic carbocycles. The molecule has 1 aromatic heterocycles. The summed E-state index contributed by atoms with van der Waals surface area (Å²) in [5, 5.41) is 21.1. The first-order valence-electron chi connectivity index (χ1n) is 4.79. The van der Waals surface area contributed by atoms with E-state index in [1.54, 1.807) is 17.6 Å². The maximum atomic E-state index is 9.86. The predicted molar refractivity (Wildman–Crippen MR) is 64.2 cm³/mol. The first kappa shape index (κ1) is 10.8. The number of anilines is 2. The third-order valence-corrected chi connectivity index (χ3v) is 2.78. The van der Waals surface area contributed by atoms with Gasteiger partial charge in [0.05, 0.1) is 6.10 Å². The minimum absolute atomic E-state index is 0.402. The van der Waals surface area contributed by atoms with E-state index in [1.807, 2.05) is 12.1 Å². The molecule has 0 saturated heterocycles. The molecule has 4 N–H and O–H groups in total. The molecular weight excluding hydrogens is 224 g/mol. The first-order chi connectivity index (χ1) is 7.75. The normalized spacial score (nSPS) is 12.3. The maximum Gasteiger partial charge on any atom is 0.205 e. The summed E-state index contributed by atoms with van der Waals surface area (Å²) in [7, 11) is 0. The number of aliphatic hydroxyl groups excluding tert-OH is 1. The number of hydrogen-bond acceptors (Lipinski definition) is 6. The largest absolute Gasteiger partial charge is 0.399 e. The molecule has 0 amide bonds. The van der Waals surface area contributed by atoms with E-state index in [-0.39, 0.29) is 0 Å². The van der Waals surface area contributed by atoms with Gasteiger partial charge in [0.25, 0.3) is 0 Å². The highest BCUT2D eigenvalue weighted by Gasteiger charge is 2.07. The van der Waals surface area contributed by atoms with Gasteiger partial charge in [-0.25, -0.2) is 0 Å². The van der Waals surface area contributed by atoms with Crippen LogP contribution in [0.25, 0.3) is 0 Å². The fraction of sp³-hybridized carbons (Fsp3) is 0.200. The quantitative estimate of drug-likeness (QED) is 0.696. The van der Waals surface area contributed by atoms with Gasteiger partial charge in [-0.3, -0.25) is 0 Å². The zero-order chi connectivity index (χ0) is 11.4. The molecule has 2 rings (SSSR count). The summed E-state index contributed by atoms with van der Waals surface area (Å²) in [5.41, 5.74) is 8.71. The van der Waals surface area contributed by atoms with Gasteiger partial charge in [0.1, 0.15) is 5.51 Å². The summed E-state index contributed by atoms with van der Waals surface area (Å²) in [5.74, 6) is 0. The van der Waals surface area contributed by atoms with E-state index in [0.29, 0.717) is 17.4 Å². The molecule has 5 nitrogen and oxygen atoms in total. The van der Waals surface area contributed by atoms with Crippen LogP contribution in [0.1, 0.15) is 11.7 Å². The smallest absolute Gasteiger partial charge is 0.205 e. The van der Waals surface area contributed by atoms with E-state index in [9.17, 15) is 5.11 Å². The Morgan fingerprint density at radius 3 is 2.75 bits per heavy atom. The number of aromatic nitrogens is 2. The molecule has 0 bridgehead atoms. The van der Waals surface area contributed by atoms with Gasteiger partial charge >= 0.3 is 0 Å². The lowest BCUT2D eigenvalue weighted by Crippen LogP contribution is -2.12. The van der Waals surface area contributed by atoms with Crippen LogP contribution < -0.4 is 11.1 Å². The van der Waals surface area contributed by atoms with E-state index in [1.165, 1.54) is 11.3 Å². The Morgan fingerprint density at radius 2 is 2.12 bits per heavy atom. The van der Waals surface area contributed by atoms with Crippen LogP contribution in [0.3, 0.4) is 0 Å². The van der Waals surface area contributed by atoms with E-state index in [0.717, 1.165) is 5.56 Å². The molecule has 1 unspecified atom stereocenters. The fourth-order valence-electron chi connectivity index (χ4n) is 1.27. The van der Waals surface area contributed by atoms with Gasteiger partial charge < -0.3 is 16.2 Å². The van der Waals surface area contributed by atoms with Crippen molar-refractivity contribution >= 4 is 22.2 Å². The second kappa shape index (κ2) is 4.91. The van der Waals surface area contributed by atoms with Crippen molar-refractivity contribution in [1.29, 1.82) is 0 Å². The molecule has 1 heterocycles. The van der Waals surface area contributed by atoms with Crippen LogP contribution in [0.5, 0.6) is 0 Å². The van der Waals surface area contributed by atoms with E-state index < -0.39 is 6.10 Å². The van der Waals surface area contributed by atoms with Crippen LogP contribution in [-0.4, -0.2) is 21.8 Å². The lowest BCUT2D eigenvalue weighted by Gasteiger charge is -2.11. The van der Waals surface area contributed by atoms with Gasteiger partial charge in [-0.15, -0.1) is 10.2 Å². The molecule has 0 aliphatic heterocycles. The third-order valence-electron chi connectivity index (χ3n) is 2.13. The summed E-state index contributed by atoms with van der Waals surface area (Å²) in [6.45, 7) is 0.402. The average Bonchev–Trinajstić information content (AvgIpc) is 2.80. The highest BCUT2D eigenvalue weighted by atomic mass is 32.1. The van der Waals surface area contributed by atoms with Crippen molar-refractivity contribution in [3.8, 4) is 0 Å². The number of rotatable bonds is 4. The number of nitrogens with two attached hydrogens (primary N) is 1. The first-order valence-corrected chi connectivity index (χ1v) is 5.67. The van der Waals surface area contributed by atoms with Crippen molar-refractivity contribution in [2.75, 3.05) is 17.6 Å². The number of hydrogen-bond donors (Lipinski definition) is 3. The molecule has 6 heteroatoms. The fourth-order valence-corrected chi connectivity index (χ4v) is 1.73. The molecule has 0 aliphatic rings. The Hall–Kier alpha value is -1.66. The van der Waals surface area contributed by atoms with Crippen molar-refractivity contribution in [3.63, 3.8) is 0 Å². The molecule has 0 fully saturated rings. The van der Waals surface area contributed by atoms with E-state index >= 15 is 0 Å². The number of nitrogens with one attached hydrogen (secondary N) is 1. The summed E-state index contributed by atoms with van der Waals surface area (Å²) in [6.07, 6.45) is -0.579. The Morgan fingerprint density at radius 1 is 1.38 bits per heavy atom. The predicted octanol–water partition coefficient (Wildman–Crippen LogP) is 1.27. The molecule has 16 heavy (non-hydrogen) atoms. The topological polar surface area (TPSA) is 84.1 Å². The summed E-state index contributed by atoms with van der Waals surface area (Å²) in [6, 6.07) is 7.15. The minimum Gasteiger partial charge on any atom is -0.399 e. The van der Waals surface area contributed by atoms with Gasteiger partial charge in [-0.2, -0.15) is 0 Å². The van der Waals surface area contributed by atoms with Gasteiger partial charge in [-0.05, 0) is 17.7 Å². The molecule has 84 valence electrons. The number of aliphatic hydroxyl groups is 1. The zero-order valence-electron chi connectivity index (χ0n) is 8.50. The number of benzene rings is 1. The van der Waals surface area contributed by atoms with Gasteiger partial charge in [0, 0.05) is 12.2 Å². The Kier molecular flexibility index (Phi) is 3.33. The van der Waals surface area contributed by atoms with Crippen LogP contribution in [0.15, 0.2) is 29.8 Å². The summed E-state index contributed by atoms with van der Waals surface area (Å²) in [4.78, 5) is 0. The van der Waals surface area contributed by atoms with Crippen LogP contribution in [0.4, 0.5) is 10.8 Å². The Bertz CT molecular complexity index is 429. The average molecular weight is 236 g/mol. The standard InChI is InChI=1S/C10H12N4OS/c11-8-3-1-7(2-4-8)9(15)5-12-10-14-13-6-16-10/h1-4,6,9,15H,5,11H2,(H,12,14). The Labute approximate surface area is 97.0 Å². The lowest BCUT2D eigenvalue weighted by molar-refractivity contribution is 0.191. The monoisotopic (exact) mass is 236 g/mol. The van der Waals surface area contributed by atoms with Crippen molar-refractivity contribution < 1.29 is 5.11 Å². The van der Waals surface area contributed by atoms with Crippen molar-refractivity contribution in [3.05, 3.63) is 35.3 Å². The van der Waals surface area contributed by atoms with Crippen LogP contribution in [-0.2, 0) is 0 Å². The van der Waals surface area contributed by atoms with Crippen molar-refractivity contribution in [1.82, 2.24) is 10.2 Å². The van der Waals surface area contributed by atoms with Crippen LogP contribution >= 0.6 is 11.3 Å². The van der Waals surface area contributed by atoms with E-state index in [2.05, 4.69) is 15.5 Å². The number of nitrogen functional groups attached to an aromatic ring is 1. The molecule has 1 atom stereocenters. The van der Waals surface area contributed by atoms with Gasteiger partial charge in [0.15, 0.2) is 0 Å². The number of nitrogens with zero attached hydrogens (tertiary/aromatic N) is 2. The van der Waals surface area contributed by atoms with Crippen molar-refractivity contribution in [2.24, 2.45) is 0 Å². The molecule has 0 radical (unpaired) electrons. The van der Waals surface area contributed by atoms with Crippen LogP contribution in [0, 0.1) is 0 Å². The Balaban J connectivity index is 1.93. The van der Waals surface area contributed by atoms with Gasteiger partial charge in [-0.1, -0.05) is 23.5 Å². The molecule has 0 saturated carbocycles. The summed E-state index contributed by atoms with van der Waals surface area (Å²) >= 11 is 1.40. The third kappa shape index (κ3) is 2.68. The van der Waals surface area contributed by atoms with Crippen molar-refractivity contribution in [2.45, 2.75) is 6.10 Å². The molecule has 0 aliphatic carbocycles. The molecule has 2 aromatic rings. The van der Waals surface area contributed by atoms with Crippen LogP contribution in [0.2, 0.25) is 0 Å². The highest BCUT2D eigenvalue weighted by molar-refractivity contribution is 7.13. The maximum absolute atomic E-state index is 9.86. The zero-order valence-corrected chi connectivity index (χ0v) is 9.31. The summed E-state index contributed by atoms with van der Waals surface area (Å²) < 4.78 is 0. The lowest BCUT2D eigenvalue weighted by atomic mass is 10.1.